The maximum absolute atomic E-state index is 13.7. The van der Waals surface area contributed by atoms with Crippen molar-refractivity contribution in [1.82, 2.24) is 4.90 Å². The second-order valence-corrected chi connectivity index (χ2v) is 9.36. The summed E-state index contributed by atoms with van der Waals surface area (Å²) >= 11 is 3.66. The number of benzene rings is 3. The molecule has 1 N–H and O–H groups in total. The number of fused-ring (bicyclic) bond motifs is 2. The molecule has 0 bridgehead atoms. The fraction of sp³-hybridized carbons (Fsp3) is 0.214. The number of anilines is 1. The van der Waals surface area contributed by atoms with E-state index in [-0.39, 0.29) is 18.5 Å². The number of hydrogen-bond donors (Lipinski definition) is 1. The van der Waals surface area contributed by atoms with Crippen LogP contribution >= 0.6 is 15.9 Å². The largest absolute Gasteiger partial charge is 0.496 e. The SMILES string of the molecule is COc1ccccc1C(=O)Nc1cccc(C(=O)C2=Cc3c(c(Br)c4c(c3OC)OCO4)CCN2C)c1. The van der Waals surface area contributed by atoms with Gasteiger partial charge in [-0.25, -0.2) is 0 Å². The number of allylic oxidation sites excluding steroid dienone is 1. The number of nitrogens with one attached hydrogen (secondary N) is 1. The van der Waals surface area contributed by atoms with E-state index in [9.17, 15) is 9.59 Å². The Morgan fingerprint density at radius 3 is 2.59 bits per heavy atom. The van der Waals surface area contributed by atoms with Crippen molar-refractivity contribution >= 4 is 39.4 Å². The molecule has 3 aromatic carbocycles. The van der Waals surface area contributed by atoms with Crippen molar-refractivity contribution in [3.63, 3.8) is 0 Å². The quantitative estimate of drug-likeness (QED) is 0.414. The van der Waals surface area contributed by atoms with Gasteiger partial charge in [0.25, 0.3) is 5.91 Å². The number of carbonyl (C=O) groups is 2. The van der Waals surface area contributed by atoms with Crippen molar-refractivity contribution in [3.05, 3.63) is 81.0 Å². The van der Waals surface area contributed by atoms with Crippen LogP contribution in [-0.4, -0.2) is 51.2 Å². The highest BCUT2D eigenvalue weighted by Crippen LogP contribution is 2.51. The third-order valence-electron chi connectivity index (χ3n) is 6.41. The van der Waals surface area contributed by atoms with E-state index in [4.69, 9.17) is 18.9 Å². The molecule has 37 heavy (non-hydrogen) atoms. The lowest BCUT2D eigenvalue weighted by molar-refractivity contribution is 0.0996. The van der Waals surface area contributed by atoms with E-state index in [2.05, 4.69) is 21.2 Å². The Kier molecular flexibility index (Phi) is 6.80. The number of rotatable bonds is 6. The number of ether oxygens (including phenoxy) is 4. The summed E-state index contributed by atoms with van der Waals surface area (Å²) in [6, 6.07) is 13.9. The number of methoxy groups -OCH3 is 2. The van der Waals surface area contributed by atoms with Gasteiger partial charge in [0.15, 0.2) is 11.5 Å². The van der Waals surface area contributed by atoms with Gasteiger partial charge in [-0.1, -0.05) is 24.3 Å². The van der Waals surface area contributed by atoms with Gasteiger partial charge in [-0.3, -0.25) is 9.59 Å². The van der Waals surface area contributed by atoms with Gasteiger partial charge >= 0.3 is 0 Å². The van der Waals surface area contributed by atoms with Crippen molar-refractivity contribution in [2.24, 2.45) is 0 Å². The monoisotopic (exact) mass is 564 g/mol. The Bertz CT molecular complexity index is 1430. The third kappa shape index (κ3) is 4.51. The first-order chi connectivity index (χ1) is 17.9. The van der Waals surface area contributed by atoms with Crippen molar-refractivity contribution in [2.75, 3.05) is 39.9 Å². The minimum absolute atomic E-state index is 0.107. The molecule has 0 saturated heterocycles. The topological polar surface area (TPSA) is 86.3 Å². The number of amides is 1. The van der Waals surface area contributed by atoms with E-state index in [1.807, 2.05) is 18.0 Å². The summed E-state index contributed by atoms with van der Waals surface area (Å²) in [5, 5.41) is 2.86. The molecule has 2 aliphatic rings. The van der Waals surface area contributed by atoms with Crippen LogP contribution in [0.5, 0.6) is 23.0 Å². The number of para-hydroxylation sites is 1. The smallest absolute Gasteiger partial charge is 0.259 e. The van der Waals surface area contributed by atoms with Gasteiger partial charge in [-0.2, -0.15) is 0 Å². The van der Waals surface area contributed by atoms with E-state index in [0.717, 1.165) is 15.6 Å². The average molecular weight is 565 g/mol. The van der Waals surface area contributed by atoms with E-state index in [1.165, 1.54) is 7.11 Å². The minimum Gasteiger partial charge on any atom is -0.496 e. The maximum atomic E-state index is 13.7. The standard InChI is InChI=1S/C28H25BrN2O6/c1-31-12-11-18-20(25(35-3)27-26(23(18)29)36-15-37-27)14-21(31)24(32)16-7-6-8-17(13-16)30-28(33)19-9-4-5-10-22(19)34-2/h4-10,13-14H,11-12,15H2,1-3H3,(H,30,33). The fourth-order valence-corrected chi connectivity index (χ4v) is 5.23. The summed E-state index contributed by atoms with van der Waals surface area (Å²) in [5.41, 5.74) is 3.60. The summed E-state index contributed by atoms with van der Waals surface area (Å²) < 4.78 is 23.1. The number of halogens is 1. The van der Waals surface area contributed by atoms with Crippen molar-refractivity contribution in [2.45, 2.75) is 6.42 Å². The first-order valence-corrected chi connectivity index (χ1v) is 12.4. The number of carbonyl (C=O) groups excluding carboxylic acids is 2. The second kappa shape index (κ2) is 10.2. The molecule has 3 aromatic rings. The van der Waals surface area contributed by atoms with Crippen molar-refractivity contribution < 1.29 is 28.5 Å². The van der Waals surface area contributed by atoms with E-state index < -0.39 is 0 Å². The van der Waals surface area contributed by atoms with Crippen LogP contribution in [0.25, 0.3) is 6.08 Å². The number of ketones is 1. The van der Waals surface area contributed by atoms with Crippen LogP contribution < -0.4 is 24.3 Å². The van der Waals surface area contributed by atoms with E-state index in [0.29, 0.717) is 58.5 Å². The lowest BCUT2D eigenvalue weighted by atomic mass is 10.0. The van der Waals surface area contributed by atoms with E-state index in [1.54, 1.807) is 55.6 Å². The second-order valence-electron chi connectivity index (χ2n) is 8.57. The highest BCUT2D eigenvalue weighted by molar-refractivity contribution is 9.10. The molecule has 0 atom stereocenters. The molecule has 0 fully saturated rings. The molecule has 5 rings (SSSR count). The maximum Gasteiger partial charge on any atom is 0.259 e. The van der Waals surface area contributed by atoms with Crippen LogP contribution in [0.3, 0.4) is 0 Å². The number of nitrogens with zero attached hydrogens (tertiary/aromatic N) is 1. The summed E-state index contributed by atoms with van der Waals surface area (Å²) in [6.45, 7) is 0.714. The molecule has 0 aliphatic carbocycles. The molecule has 2 heterocycles. The summed E-state index contributed by atoms with van der Waals surface area (Å²) in [4.78, 5) is 28.5. The Balaban J connectivity index is 1.49. The van der Waals surface area contributed by atoms with Crippen LogP contribution in [0.2, 0.25) is 0 Å². The molecule has 0 aromatic heterocycles. The van der Waals surface area contributed by atoms with Gasteiger partial charge in [0.2, 0.25) is 18.3 Å². The molecule has 190 valence electrons. The summed E-state index contributed by atoms with van der Waals surface area (Å²) in [7, 11) is 4.97. The van der Waals surface area contributed by atoms with Crippen molar-refractivity contribution in [3.8, 4) is 23.0 Å². The van der Waals surface area contributed by atoms with Gasteiger partial charge in [-0.15, -0.1) is 0 Å². The van der Waals surface area contributed by atoms with E-state index >= 15 is 0 Å². The van der Waals surface area contributed by atoms with Crippen LogP contribution in [0, 0.1) is 0 Å². The van der Waals surface area contributed by atoms with Crippen LogP contribution in [0.4, 0.5) is 5.69 Å². The van der Waals surface area contributed by atoms with Gasteiger partial charge < -0.3 is 29.2 Å². The highest BCUT2D eigenvalue weighted by atomic mass is 79.9. The predicted octanol–water partition coefficient (Wildman–Crippen LogP) is 5.16. The molecular weight excluding hydrogens is 540 g/mol. The number of Topliss-reactive ketones (excluding diaryl/α,β-unsaturated/α-hetero) is 1. The first-order valence-electron chi connectivity index (χ1n) is 11.6. The molecule has 0 saturated carbocycles. The third-order valence-corrected chi connectivity index (χ3v) is 7.25. The average Bonchev–Trinajstić information content (AvgIpc) is 3.34. The number of hydrogen-bond acceptors (Lipinski definition) is 7. The predicted molar refractivity (Wildman–Crippen MR) is 143 cm³/mol. The fourth-order valence-electron chi connectivity index (χ4n) is 4.53. The normalized spacial score (nSPS) is 13.8. The molecular formula is C28H25BrN2O6. The first kappa shape index (κ1) is 24.7. The van der Waals surface area contributed by atoms with Crippen molar-refractivity contribution in [1.29, 1.82) is 0 Å². The van der Waals surface area contributed by atoms with Crippen LogP contribution in [0.1, 0.15) is 31.8 Å². The number of likely N-dealkylation sites (N-methyl/N-ethyl adjacent to an activating group) is 1. The molecule has 0 spiro atoms. The Labute approximate surface area is 222 Å². The minimum atomic E-state index is -0.326. The van der Waals surface area contributed by atoms with Gasteiger partial charge in [-0.05, 0) is 58.3 Å². The molecule has 8 nitrogen and oxygen atoms in total. The van der Waals surface area contributed by atoms with Crippen LogP contribution in [-0.2, 0) is 6.42 Å². The Morgan fingerprint density at radius 1 is 1.03 bits per heavy atom. The Morgan fingerprint density at radius 2 is 1.81 bits per heavy atom. The zero-order chi connectivity index (χ0) is 26.1. The van der Waals surface area contributed by atoms with Gasteiger partial charge in [0, 0.05) is 30.4 Å². The molecule has 0 radical (unpaired) electrons. The Hall–Kier alpha value is -3.98. The molecule has 9 heteroatoms. The van der Waals surface area contributed by atoms with Gasteiger partial charge in [0.1, 0.15) is 5.75 Å². The zero-order valence-electron chi connectivity index (χ0n) is 20.6. The molecule has 2 aliphatic heterocycles. The lowest BCUT2D eigenvalue weighted by Crippen LogP contribution is -2.24. The molecule has 0 unspecified atom stereocenters. The lowest BCUT2D eigenvalue weighted by Gasteiger charge is -2.20. The summed E-state index contributed by atoms with van der Waals surface area (Å²) in [5.74, 6) is 1.62. The van der Waals surface area contributed by atoms with Crippen LogP contribution in [0.15, 0.2) is 58.7 Å². The molecule has 1 amide bonds. The summed E-state index contributed by atoms with van der Waals surface area (Å²) in [6.07, 6.45) is 2.50. The van der Waals surface area contributed by atoms with Gasteiger partial charge in [0.05, 0.1) is 30.0 Å². The zero-order valence-corrected chi connectivity index (χ0v) is 22.2. The highest BCUT2D eigenvalue weighted by Gasteiger charge is 2.31.